The summed E-state index contributed by atoms with van der Waals surface area (Å²) in [6.45, 7) is 9.76. The smallest absolute Gasteiger partial charge is 0.417 e. The molecule has 154 valence electrons. The number of pyridine rings is 1. The first kappa shape index (κ1) is 23.4. The summed E-state index contributed by atoms with van der Waals surface area (Å²) in [6, 6.07) is 1.94. The third-order valence-electron chi connectivity index (χ3n) is 4.69. The molecule has 1 atom stereocenters. The molecular weight excluding hydrogens is 381 g/mol. The highest BCUT2D eigenvalue weighted by molar-refractivity contribution is 6.74. The molecule has 1 aromatic heterocycles. The van der Waals surface area contributed by atoms with Gasteiger partial charge >= 0.3 is 12.3 Å². The fourth-order valence-corrected chi connectivity index (χ4v) is 3.48. The first-order valence-electron chi connectivity index (χ1n) is 8.51. The molecule has 6 nitrogen and oxygen atoms in total. The van der Waals surface area contributed by atoms with Crippen LogP contribution in [-0.2, 0) is 16.4 Å². The van der Waals surface area contributed by atoms with E-state index in [0.29, 0.717) is 6.20 Å². The van der Waals surface area contributed by atoms with Crippen LogP contribution in [0.3, 0.4) is 0 Å². The van der Waals surface area contributed by atoms with Crippen LogP contribution >= 0.6 is 0 Å². The maximum atomic E-state index is 12.8. The first-order chi connectivity index (χ1) is 12.1. The van der Waals surface area contributed by atoms with E-state index in [1.165, 1.54) is 0 Å². The molecule has 1 amide bonds. The van der Waals surface area contributed by atoms with Crippen LogP contribution in [0.25, 0.3) is 0 Å². The molecule has 1 rings (SSSR count). The summed E-state index contributed by atoms with van der Waals surface area (Å²) in [5.41, 5.74) is -0.955. The maximum absolute atomic E-state index is 12.8. The number of amides is 1. The van der Waals surface area contributed by atoms with Crippen molar-refractivity contribution in [2.45, 2.75) is 63.7 Å². The maximum Gasteiger partial charge on any atom is 0.417 e. The number of rotatable bonds is 7. The van der Waals surface area contributed by atoms with Crippen molar-refractivity contribution < 1.29 is 32.6 Å². The molecular formula is C17H27F3N2O4Si. The molecule has 0 fully saturated rings. The molecule has 0 aromatic carbocycles. The fraction of sp³-hybridized carbons (Fsp3) is 0.647. The summed E-state index contributed by atoms with van der Waals surface area (Å²) in [5.74, 6) is -1.91. The van der Waals surface area contributed by atoms with E-state index >= 15 is 0 Å². The molecule has 3 N–H and O–H groups in total. The van der Waals surface area contributed by atoms with Crippen LogP contribution in [0.5, 0.6) is 0 Å². The van der Waals surface area contributed by atoms with Crippen LogP contribution in [0, 0.1) is 0 Å². The zero-order valence-corrected chi connectivity index (χ0v) is 17.1. The number of aliphatic hydroxyl groups is 1. The molecule has 1 aromatic rings. The topological polar surface area (TPSA) is 91.7 Å². The van der Waals surface area contributed by atoms with Gasteiger partial charge in [-0.15, -0.1) is 0 Å². The molecule has 10 heteroatoms. The van der Waals surface area contributed by atoms with E-state index in [0.717, 1.165) is 12.1 Å². The third kappa shape index (κ3) is 6.47. The molecule has 0 bridgehead atoms. The SMILES string of the molecule is CC(C)(C)[Si](C)(C)OC(O)(CCCNC(=O)O)c1ccc(C(F)(F)F)cn1. The van der Waals surface area contributed by atoms with Crippen LogP contribution in [0.15, 0.2) is 18.3 Å². The molecule has 0 aliphatic heterocycles. The van der Waals surface area contributed by atoms with E-state index in [2.05, 4.69) is 10.3 Å². The summed E-state index contributed by atoms with van der Waals surface area (Å²) in [7, 11) is -2.50. The van der Waals surface area contributed by atoms with Gasteiger partial charge in [-0.05, 0) is 36.7 Å². The van der Waals surface area contributed by atoms with Gasteiger partial charge in [-0.2, -0.15) is 13.2 Å². The van der Waals surface area contributed by atoms with Gasteiger partial charge in [0.2, 0.25) is 5.79 Å². The van der Waals surface area contributed by atoms with E-state index in [4.69, 9.17) is 9.53 Å². The Morgan fingerprint density at radius 1 is 1.26 bits per heavy atom. The Morgan fingerprint density at radius 2 is 1.85 bits per heavy atom. The van der Waals surface area contributed by atoms with Crippen LogP contribution < -0.4 is 5.32 Å². The molecule has 0 radical (unpaired) electrons. The summed E-state index contributed by atoms with van der Waals surface area (Å²) in [6.07, 6.45) is -4.87. The number of nitrogens with zero attached hydrogens (tertiary/aromatic N) is 1. The Labute approximate surface area is 157 Å². The van der Waals surface area contributed by atoms with E-state index < -0.39 is 31.9 Å². The minimum absolute atomic E-state index is 0.0157. The van der Waals surface area contributed by atoms with Gasteiger partial charge in [0.05, 0.1) is 11.3 Å². The lowest BCUT2D eigenvalue weighted by Gasteiger charge is -2.43. The van der Waals surface area contributed by atoms with Crippen LogP contribution in [0.1, 0.15) is 44.9 Å². The molecule has 0 aliphatic rings. The Morgan fingerprint density at radius 3 is 2.26 bits per heavy atom. The molecule has 0 saturated heterocycles. The van der Waals surface area contributed by atoms with E-state index in [1.54, 1.807) is 0 Å². The van der Waals surface area contributed by atoms with Crippen molar-refractivity contribution in [1.29, 1.82) is 0 Å². The Hall–Kier alpha value is -1.65. The Balaban J connectivity index is 3.14. The monoisotopic (exact) mass is 408 g/mol. The van der Waals surface area contributed by atoms with Gasteiger partial charge in [-0.25, -0.2) is 4.79 Å². The predicted molar refractivity (Wildman–Crippen MR) is 96.7 cm³/mol. The average Bonchev–Trinajstić information content (AvgIpc) is 2.49. The van der Waals surface area contributed by atoms with E-state index in [1.807, 2.05) is 33.9 Å². The quantitative estimate of drug-likeness (QED) is 0.355. The highest BCUT2D eigenvalue weighted by atomic mass is 28.4. The standard InChI is InChI=1S/C17H27F3N2O4Si/c1-15(2,3)27(4,5)26-16(25,9-6-10-21-14(23)24)13-8-7-12(11-22-13)17(18,19)20/h7-8,11,21,25H,6,9-10H2,1-5H3,(H,23,24). The highest BCUT2D eigenvalue weighted by Gasteiger charge is 2.45. The average molecular weight is 408 g/mol. The van der Waals surface area contributed by atoms with Crippen molar-refractivity contribution in [3.05, 3.63) is 29.6 Å². The number of aromatic nitrogens is 1. The van der Waals surface area contributed by atoms with Crippen LogP contribution in [-0.4, -0.2) is 36.2 Å². The van der Waals surface area contributed by atoms with Gasteiger partial charge in [0, 0.05) is 19.2 Å². The number of alkyl halides is 3. The lowest BCUT2D eigenvalue weighted by molar-refractivity contribution is -0.165. The molecule has 0 spiro atoms. The number of halogens is 3. The summed E-state index contributed by atoms with van der Waals surface area (Å²) < 4.78 is 44.4. The zero-order chi connectivity index (χ0) is 21.1. The number of hydrogen-bond acceptors (Lipinski definition) is 4. The van der Waals surface area contributed by atoms with Crippen molar-refractivity contribution in [2.24, 2.45) is 0 Å². The molecule has 27 heavy (non-hydrogen) atoms. The summed E-state index contributed by atoms with van der Waals surface area (Å²) in [5, 5.41) is 21.7. The van der Waals surface area contributed by atoms with Crippen molar-refractivity contribution in [2.75, 3.05) is 6.54 Å². The largest absolute Gasteiger partial charge is 0.465 e. The van der Waals surface area contributed by atoms with Crippen molar-refractivity contribution in [3.63, 3.8) is 0 Å². The van der Waals surface area contributed by atoms with E-state index in [9.17, 15) is 23.1 Å². The Kier molecular flexibility index (Phi) is 7.06. The highest BCUT2D eigenvalue weighted by Crippen LogP contribution is 2.42. The molecule has 1 heterocycles. The summed E-state index contributed by atoms with van der Waals surface area (Å²) in [4.78, 5) is 14.4. The second-order valence-corrected chi connectivity index (χ2v) is 12.6. The number of carboxylic acid groups (broad SMARTS) is 1. The van der Waals surface area contributed by atoms with Crippen LogP contribution in [0.4, 0.5) is 18.0 Å². The molecule has 0 saturated carbocycles. The molecule has 1 unspecified atom stereocenters. The van der Waals surface area contributed by atoms with Crippen molar-refractivity contribution >= 4 is 14.4 Å². The summed E-state index contributed by atoms with van der Waals surface area (Å²) >= 11 is 0. The lowest BCUT2D eigenvalue weighted by Crippen LogP contribution is -2.49. The second kappa shape index (κ2) is 8.15. The van der Waals surface area contributed by atoms with E-state index in [-0.39, 0.29) is 30.1 Å². The first-order valence-corrected chi connectivity index (χ1v) is 11.4. The number of carbonyl (C=O) groups is 1. The van der Waals surface area contributed by atoms with Gasteiger partial charge in [-0.1, -0.05) is 20.8 Å². The van der Waals surface area contributed by atoms with Gasteiger partial charge in [-0.3, -0.25) is 4.98 Å². The lowest BCUT2D eigenvalue weighted by atomic mass is 10.1. The minimum Gasteiger partial charge on any atom is -0.465 e. The van der Waals surface area contributed by atoms with Gasteiger partial charge < -0.3 is 20.0 Å². The van der Waals surface area contributed by atoms with Crippen molar-refractivity contribution in [3.8, 4) is 0 Å². The predicted octanol–water partition coefficient (Wildman–Crippen LogP) is 4.32. The number of nitrogens with one attached hydrogen (secondary N) is 1. The second-order valence-electron chi connectivity index (χ2n) is 7.91. The van der Waals surface area contributed by atoms with Gasteiger partial charge in [0.15, 0.2) is 8.32 Å². The molecule has 0 aliphatic carbocycles. The normalized spacial score (nSPS) is 15.3. The number of hydrogen-bond donors (Lipinski definition) is 3. The third-order valence-corrected chi connectivity index (χ3v) is 9.15. The minimum atomic E-state index is -4.53. The zero-order valence-electron chi connectivity index (χ0n) is 16.1. The van der Waals surface area contributed by atoms with Crippen LogP contribution in [0.2, 0.25) is 18.1 Å². The Bertz CT molecular complexity index is 645. The van der Waals surface area contributed by atoms with Crippen molar-refractivity contribution in [1.82, 2.24) is 10.3 Å². The van der Waals surface area contributed by atoms with Gasteiger partial charge in [0.1, 0.15) is 0 Å². The fourth-order valence-electron chi connectivity index (χ4n) is 2.12. The van der Waals surface area contributed by atoms with Gasteiger partial charge in [0.25, 0.3) is 0 Å².